The van der Waals surface area contributed by atoms with Crippen molar-refractivity contribution in [2.75, 3.05) is 19.6 Å². The van der Waals surface area contributed by atoms with Gasteiger partial charge in [0.15, 0.2) is 0 Å². The quantitative estimate of drug-likeness (QED) is 0.915. The summed E-state index contributed by atoms with van der Waals surface area (Å²) >= 11 is 0. The van der Waals surface area contributed by atoms with Gasteiger partial charge in [-0.15, -0.1) is 0 Å². The Bertz CT molecular complexity index is 641. The molecule has 0 spiro atoms. The molecule has 122 valence electrons. The molecule has 1 atom stereocenters. The van der Waals surface area contributed by atoms with Crippen LogP contribution in [0.2, 0.25) is 0 Å². The van der Waals surface area contributed by atoms with Crippen LogP contribution in [0, 0.1) is 5.92 Å². The predicted molar refractivity (Wildman–Crippen MR) is 86.4 cm³/mol. The Morgan fingerprint density at radius 2 is 2.22 bits per heavy atom. The summed E-state index contributed by atoms with van der Waals surface area (Å²) in [6, 6.07) is 9.83. The third-order valence-corrected chi connectivity index (χ3v) is 4.10. The summed E-state index contributed by atoms with van der Waals surface area (Å²) in [6.45, 7) is 4.94. The van der Waals surface area contributed by atoms with Crippen LogP contribution in [-0.4, -0.2) is 40.6 Å². The van der Waals surface area contributed by atoms with Gasteiger partial charge in [-0.05, 0) is 25.3 Å². The van der Waals surface area contributed by atoms with Gasteiger partial charge in [-0.25, -0.2) is 0 Å². The summed E-state index contributed by atoms with van der Waals surface area (Å²) in [5, 5.41) is 6.97. The number of nitrogens with zero attached hydrogens (tertiary/aromatic N) is 3. The Morgan fingerprint density at radius 1 is 1.39 bits per heavy atom. The maximum absolute atomic E-state index is 11.0. The molecule has 6 heteroatoms. The minimum atomic E-state index is 0.0338. The summed E-state index contributed by atoms with van der Waals surface area (Å²) in [6.07, 6.45) is 2.28. The average Bonchev–Trinajstić information content (AvgIpc) is 3.03. The topological polar surface area (TPSA) is 71.3 Å². The summed E-state index contributed by atoms with van der Waals surface area (Å²) in [4.78, 5) is 17.8. The van der Waals surface area contributed by atoms with E-state index < -0.39 is 0 Å². The number of hydrogen-bond donors (Lipinski definition) is 1. The summed E-state index contributed by atoms with van der Waals surface area (Å²) < 4.78 is 5.38. The second-order valence-electron chi connectivity index (χ2n) is 6.06. The number of benzene rings is 1. The molecule has 3 rings (SSSR count). The number of nitrogens with one attached hydrogen (secondary N) is 1. The van der Waals surface area contributed by atoms with E-state index >= 15 is 0 Å². The highest BCUT2D eigenvalue weighted by atomic mass is 16.5. The number of rotatable bonds is 5. The lowest BCUT2D eigenvalue weighted by atomic mass is 9.98. The first-order valence-electron chi connectivity index (χ1n) is 8.05. The van der Waals surface area contributed by atoms with Crippen molar-refractivity contribution >= 4 is 5.91 Å². The Hall–Kier alpha value is -2.21. The third kappa shape index (κ3) is 4.39. The first-order valence-corrected chi connectivity index (χ1v) is 8.05. The van der Waals surface area contributed by atoms with Crippen molar-refractivity contribution < 1.29 is 9.32 Å². The molecule has 0 bridgehead atoms. The van der Waals surface area contributed by atoms with Gasteiger partial charge in [0.2, 0.25) is 17.6 Å². The maximum Gasteiger partial charge on any atom is 0.241 e. The second kappa shape index (κ2) is 7.37. The van der Waals surface area contributed by atoms with Crippen LogP contribution in [0.3, 0.4) is 0 Å². The van der Waals surface area contributed by atoms with E-state index in [-0.39, 0.29) is 5.91 Å². The van der Waals surface area contributed by atoms with Gasteiger partial charge < -0.3 is 9.84 Å². The van der Waals surface area contributed by atoms with Crippen LogP contribution in [0.15, 0.2) is 34.9 Å². The molecule has 1 aromatic heterocycles. The van der Waals surface area contributed by atoms with E-state index in [4.69, 9.17) is 4.52 Å². The van der Waals surface area contributed by atoms with Crippen LogP contribution in [0.1, 0.15) is 25.7 Å². The molecule has 0 radical (unpaired) electrons. The lowest BCUT2D eigenvalue weighted by Crippen LogP contribution is -2.40. The molecular weight excluding hydrogens is 292 g/mol. The summed E-state index contributed by atoms with van der Waals surface area (Å²) in [7, 11) is 0. The van der Waals surface area contributed by atoms with Gasteiger partial charge in [0.1, 0.15) is 0 Å². The molecule has 23 heavy (non-hydrogen) atoms. The van der Waals surface area contributed by atoms with Gasteiger partial charge in [-0.1, -0.05) is 35.5 Å². The summed E-state index contributed by atoms with van der Waals surface area (Å²) in [5.41, 5.74) is 0.963. The fourth-order valence-corrected chi connectivity index (χ4v) is 2.96. The molecule has 0 unspecified atom stereocenters. The number of piperidine rings is 1. The van der Waals surface area contributed by atoms with Gasteiger partial charge in [-0.2, -0.15) is 4.98 Å². The minimum Gasteiger partial charge on any atom is -0.356 e. The molecule has 1 amide bonds. The fourth-order valence-electron chi connectivity index (χ4n) is 2.96. The van der Waals surface area contributed by atoms with Gasteiger partial charge in [0, 0.05) is 25.6 Å². The normalized spacial score (nSPS) is 18.7. The van der Waals surface area contributed by atoms with Crippen LogP contribution < -0.4 is 5.32 Å². The number of aromatic nitrogens is 2. The van der Waals surface area contributed by atoms with Gasteiger partial charge in [-0.3, -0.25) is 9.69 Å². The third-order valence-electron chi connectivity index (χ3n) is 4.10. The first kappa shape index (κ1) is 15.7. The average molecular weight is 314 g/mol. The van der Waals surface area contributed by atoms with Crippen LogP contribution in [0.5, 0.6) is 0 Å². The van der Waals surface area contributed by atoms with E-state index in [1.54, 1.807) is 6.92 Å². The zero-order chi connectivity index (χ0) is 16.1. The van der Waals surface area contributed by atoms with Crippen molar-refractivity contribution in [1.82, 2.24) is 20.4 Å². The van der Waals surface area contributed by atoms with Crippen molar-refractivity contribution in [3.05, 3.63) is 36.2 Å². The molecule has 1 aliphatic heterocycles. The minimum absolute atomic E-state index is 0.0338. The molecule has 6 nitrogen and oxygen atoms in total. The highest BCUT2D eigenvalue weighted by Crippen LogP contribution is 2.19. The van der Waals surface area contributed by atoms with Crippen molar-refractivity contribution in [3.63, 3.8) is 0 Å². The Labute approximate surface area is 135 Å². The van der Waals surface area contributed by atoms with Crippen molar-refractivity contribution in [3.8, 4) is 11.4 Å². The van der Waals surface area contributed by atoms with Gasteiger partial charge >= 0.3 is 0 Å². The predicted octanol–water partition coefficient (Wildman–Crippen LogP) is 2.08. The van der Waals surface area contributed by atoms with E-state index in [1.807, 2.05) is 30.3 Å². The number of likely N-dealkylation sites (tertiary alicyclic amines) is 1. The number of amides is 1. The zero-order valence-corrected chi connectivity index (χ0v) is 13.4. The van der Waals surface area contributed by atoms with Crippen molar-refractivity contribution in [2.24, 2.45) is 5.92 Å². The lowest BCUT2D eigenvalue weighted by molar-refractivity contribution is -0.119. The highest BCUT2D eigenvalue weighted by molar-refractivity contribution is 5.72. The Morgan fingerprint density at radius 3 is 3.00 bits per heavy atom. The smallest absolute Gasteiger partial charge is 0.241 e. The number of hydrogen-bond acceptors (Lipinski definition) is 5. The first-order chi connectivity index (χ1) is 11.2. The van der Waals surface area contributed by atoms with E-state index in [0.717, 1.165) is 38.0 Å². The molecule has 0 saturated carbocycles. The van der Waals surface area contributed by atoms with Crippen molar-refractivity contribution in [1.29, 1.82) is 0 Å². The van der Waals surface area contributed by atoms with Crippen LogP contribution in [0.4, 0.5) is 0 Å². The molecule has 1 aliphatic rings. The molecule has 0 aliphatic carbocycles. The zero-order valence-electron chi connectivity index (χ0n) is 13.4. The number of carbonyl (C=O) groups is 1. The highest BCUT2D eigenvalue weighted by Gasteiger charge is 2.22. The standard InChI is InChI=1S/C17H22N4O2/c1-13(22)18-10-14-6-5-9-21(11-14)12-16-19-17(20-23-16)15-7-3-2-4-8-15/h2-4,7-8,14H,5-6,9-12H2,1H3,(H,18,22)/t14-/m1/s1. The molecule has 1 aromatic carbocycles. The Kier molecular flexibility index (Phi) is 5.02. The van der Waals surface area contributed by atoms with E-state index in [1.165, 1.54) is 0 Å². The largest absolute Gasteiger partial charge is 0.356 e. The molecular formula is C17H22N4O2. The molecule has 2 heterocycles. The second-order valence-corrected chi connectivity index (χ2v) is 6.06. The monoisotopic (exact) mass is 314 g/mol. The molecule has 2 aromatic rings. The van der Waals surface area contributed by atoms with Gasteiger partial charge in [0.05, 0.1) is 6.54 Å². The number of carbonyl (C=O) groups excluding carboxylic acids is 1. The van der Waals surface area contributed by atoms with Crippen molar-refractivity contribution in [2.45, 2.75) is 26.3 Å². The van der Waals surface area contributed by atoms with E-state index in [0.29, 0.717) is 24.2 Å². The SMILES string of the molecule is CC(=O)NC[C@H]1CCCN(Cc2nc(-c3ccccc3)no2)C1. The van der Waals surface area contributed by atoms with E-state index in [2.05, 4.69) is 20.4 Å². The summed E-state index contributed by atoms with van der Waals surface area (Å²) in [5.74, 6) is 1.80. The fraction of sp³-hybridized carbons (Fsp3) is 0.471. The lowest BCUT2D eigenvalue weighted by Gasteiger charge is -2.31. The van der Waals surface area contributed by atoms with Crippen LogP contribution >= 0.6 is 0 Å². The van der Waals surface area contributed by atoms with Gasteiger partial charge in [0.25, 0.3) is 0 Å². The van der Waals surface area contributed by atoms with Crippen LogP contribution in [-0.2, 0) is 11.3 Å². The molecule has 1 N–H and O–H groups in total. The molecule has 1 fully saturated rings. The van der Waals surface area contributed by atoms with E-state index in [9.17, 15) is 4.79 Å². The maximum atomic E-state index is 11.0. The van der Waals surface area contributed by atoms with Crippen LogP contribution in [0.25, 0.3) is 11.4 Å². The molecule has 1 saturated heterocycles. The Balaban J connectivity index is 1.57.